The van der Waals surface area contributed by atoms with E-state index in [0.717, 1.165) is 12.8 Å². The summed E-state index contributed by atoms with van der Waals surface area (Å²) in [5.41, 5.74) is 1.65. The van der Waals surface area contributed by atoms with Gasteiger partial charge in [0.25, 0.3) is 5.91 Å². The molecule has 5 nitrogen and oxygen atoms in total. The number of hydrogen-bond acceptors (Lipinski definition) is 3. The zero-order chi connectivity index (χ0) is 18.1. The Hall–Kier alpha value is -2.95. The molecule has 2 rings (SSSR count). The Morgan fingerprint density at radius 1 is 0.760 bits per heavy atom. The fraction of sp³-hybridized carbons (Fsp3) is 0.250. The molecule has 1 amide bonds. The second kappa shape index (κ2) is 9.37. The van der Waals surface area contributed by atoms with Crippen LogP contribution in [0, 0.1) is 0 Å². The van der Waals surface area contributed by atoms with E-state index >= 15 is 0 Å². The van der Waals surface area contributed by atoms with Gasteiger partial charge in [0.1, 0.15) is 0 Å². The van der Waals surface area contributed by atoms with Crippen LogP contribution in [0.15, 0.2) is 54.6 Å². The first-order valence-electron chi connectivity index (χ1n) is 8.28. The van der Waals surface area contributed by atoms with Gasteiger partial charge >= 0.3 is 5.97 Å². The predicted molar refractivity (Wildman–Crippen MR) is 94.8 cm³/mol. The van der Waals surface area contributed by atoms with Gasteiger partial charge in [-0.1, -0.05) is 48.9 Å². The molecule has 2 N–H and O–H groups in total. The number of unbranched alkanes of at least 4 members (excludes halogenated alkanes) is 2. The summed E-state index contributed by atoms with van der Waals surface area (Å²) in [4.78, 5) is 34.7. The van der Waals surface area contributed by atoms with Crippen LogP contribution >= 0.6 is 0 Å². The Kier molecular flexibility index (Phi) is 6.89. The number of rotatable bonds is 9. The molecular weight excluding hydrogens is 318 g/mol. The molecule has 0 aliphatic heterocycles. The summed E-state index contributed by atoms with van der Waals surface area (Å²) in [6, 6.07) is 15.6. The van der Waals surface area contributed by atoms with E-state index in [-0.39, 0.29) is 18.1 Å². The number of hydrogen-bond donors (Lipinski definition) is 2. The van der Waals surface area contributed by atoms with Crippen LogP contribution in [0.5, 0.6) is 0 Å². The number of amides is 1. The van der Waals surface area contributed by atoms with Crippen LogP contribution in [0.1, 0.15) is 52.0 Å². The Balaban J connectivity index is 1.82. The van der Waals surface area contributed by atoms with Crippen molar-refractivity contribution in [3.8, 4) is 0 Å². The topological polar surface area (TPSA) is 83.5 Å². The Morgan fingerprint density at radius 3 is 2.00 bits per heavy atom. The van der Waals surface area contributed by atoms with Crippen LogP contribution in [0.2, 0.25) is 0 Å². The number of nitrogens with one attached hydrogen (secondary N) is 1. The van der Waals surface area contributed by atoms with Crippen molar-refractivity contribution in [3.05, 3.63) is 71.3 Å². The van der Waals surface area contributed by atoms with Gasteiger partial charge in [-0.2, -0.15) is 0 Å². The molecule has 2 aromatic carbocycles. The number of benzene rings is 2. The van der Waals surface area contributed by atoms with Crippen molar-refractivity contribution in [2.45, 2.75) is 25.7 Å². The maximum absolute atomic E-state index is 12.3. The molecule has 0 aromatic heterocycles. The lowest BCUT2D eigenvalue weighted by Gasteiger charge is -2.06. The number of carboxylic acids is 1. The number of carbonyl (C=O) groups is 3. The molecule has 0 aliphatic rings. The number of aliphatic carboxylic acids is 1. The molecule has 0 heterocycles. The minimum Gasteiger partial charge on any atom is -0.481 e. The standard InChI is InChI=1S/C20H21NO4/c22-18(23)9-5-2-6-14-21-20(25)17-12-10-16(11-13-17)19(24)15-7-3-1-4-8-15/h1,3-4,7-8,10-13H,2,5-6,9,14H2,(H,21,25)(H,22,23). The van der Waals surface area contributed by atoms with Gasteiger partial charge in [-0.15, -0.1) is 0 Å². The summed E-state index contributed by atoms with van der Waals surface area (Å²) in [7, 11) is 0. The van der Waals surface area contributed by atoms with E-state index in [1.54, 1.807) is 36.4 Å². The van der Waals surface area contributed by atoms with Crippen molar-refractivity contribution in [1.29, 1.82) is 0 Å². The van der Waals surface area contributed by atoms with Crippen molar-refractivity contribution in [3.63, 3.8) is 0 Å². The predicted octanol–water partition coefficient (Wildman–Crippen LogP) is 3.29. The first kappa shape index (κ1) is 18.4. The third kappa shape index (κ3) is 5.88. The van der Waals surface area contributed by atoms with Gasteiger partial charge < -0.3 is 10.4 Å². The highest BCUT2D eigenvalue weighted by molar-refractivity contribution is 6.09. The van der Waals surface area contributed by atoms with Crippen LogP contribution in [0.3, 0.4) is 0 Å². The van der Waals surface area contributed by atoms with Gasteiger partial charge in [-0.05, 0) is 25.0 Å². The number of carbonyl (C=O) groups excluding carboxylic acids is 2. The lowest BCUT2D eigenvalue weighted by Crippen LogP contribution is -2.24. The fourth-order valence-corrected chi connectivity index (χ4v) is 2.41. The third-order valence-electron chi connectivity index (χ3n) is 3.80. The Morgan fingerprint density at radius 2 is 1.36 bits per heavy atom. The van der Waals surface area contributed by atoms with Crippen LogP contribution in [-0.4, -0.2) is 29.3 Å². The SMILES string of the molecule is O=C(O)CCCCCNC(=O)c1ccc(C(=O)c2ccccc2)cc1. The molecule has 0 radical (unpaired) electrons. The number of ketones is 1. The fourth-order valence-electron chi connectivity index (χ4n) is 2.41. The molecule has 0 saturated heterocycles. The van der Waals surface area contributed by atoms with Gasteiger partial charge in [0.05, 0.1) is 0 Å². The van der Waals surface area contributed by atoms with Crippen molar-refractivity contribution >= 4 is 17.7 Å². The molecule has 5 heteroatoms. The van der Waals surface area contributed by atoms with Crippen LogP contribution in [0.4, 0.5) is 0 Å². The molecule has 0 atom stereocenters. The van der Waals surface area contributed by atoms with Crippen molar-refractivity contribution in [2.75, 3.05) is 6.54 Å². The molecule has 0 spiro atoms. The highest BCUT2D eigenvalue weighted by Crippen LogP contribution is 2.11. The summed E-state index contributed by atoms with van der Waals surface area (Å²) in [6.07, 6.45) is 2.27. The van der Waals surface area contributed by atoms with Gasteiger partial charge in [-0.25, -0.2) is 0 Å². The zero-order valence-electron chi connectivity index (χ0n) is 13.9. The van der Waals surface area contributed by atoms with E-state index in [2.05, 4.69) is 5.32 Å². The molecule has 0 saturated carbocycles. The molecule has 0 unspecified atom stereocenters. The summed E-state index contributed by atoms with van der Waals surface area (Å²) in [5.74, 6) is -1.07. The van der Waals surface area contributed by atoms with E-state index in [1.807, 2.05) is 18.2 Å². The first-order chi connectivity index (χ1) is 12.1. The van der Waals surface area contributed by atoms with E-state index in [1.165, 1.54) is 0 Å². The average molecular weight is 339 g/mol. The van der Waals surface area contributed by atoms with E-state index < -0.39 is 5.97 Å². The van der Waals surface area contributed by atoms with E-state index in [0.29, 0.717) is 29.7 Å². The van der Waals surface area contributed by atoms with Crippen molar-refractivity contribution in [1.82, 2.24) is 5.32 Å². The normalized spacial score (nSPS) is 10.2. The minimum atomic E-state index is -0.797. The second-order valence-corrected chi connectivity index (χ2v) is 5.73. The average Bonchev–Trinajstić information content (AvgIpc) is 2.64. The smallest absolute Gasteiger partial charge is 0.303 e. The highest BCUT2D eigenvalue weighted by atomic mass is 16.4. The quantitative estimate of drug-likeness (QED) is 0.542. The zero-order valence-corrected chi connectivity index (χ0v) is 13.9. The van der Waals surface area contributed by atoms with Crippen LogP contribution in [-0.2, 0) is 4.79 Å². The summed E-state index contributed by atoms with van der Waals surface area (Å²) in [5, 5.41) is 11.3. The molecular formula is C20H21NO4. The van der Waals surface area contributed by atoms with Crippen molar-refractivity contribution in [2.24, 2.45) is 0 Å². The lowest BCUT2D eigenvalue weighted by atomic mass is 10.0. The highest BCUT2D eigenvalue weighted by Gasteiger charge is 2.10. The maximum Gasteiger partial charge on any atom is 0.303 e. The maximum atomic E-state index is 12.3. The molecule has 25 heavy (non-hydrogen) atoms. The summed E-state index contributed by atoms with van der Waals surface area (Å²) in [6.45, 7) is 0.503. The van der Waals surface area contributed by atoms with Gasteiger partial charge in [0.2, 0.25) is 0 Å². The molecule has 130 valence electrons. The van der Waals surface area contributed by atoms with Crippen LogP contribution in [0.25, 0.3) is 0 Å². The Bertz CT molecular complexity index is 723. The van der Waals surface area contributed by atoms with E-state index in [9.17, 15) is 14.4 Å². The second-order valence-electron chi connectivity index (χ2n) is 5.73. The minimum absolute atomic E-state index is 0.0778. The Labute approximate surface area is 146 Å². The third-order valence-corrected chi connectivity index (χ3v) is 3.80. The molecule has 0 aliphatic carbocycles. The van der Waals surface area contributed by atoms with E-state index in [4.69, 9.17) is 5.11 Å². The largest absolute Gasteiger partial charge is 0.481 e. The number of carboxylic acid groups (broad SMARTS) is 1. The summed E-state index contributed by atoms with van der Waals surface area (Å²) < 4.78 is 0. The van der Waals surface area contributed by atoms with Gasteiger partial charge in [0.15, 0.2) is 5.78 Å². The van der Waals surface area contributed by atoms with Crippen molar-refractivity contribution < 1.29 is 19.5 Å². The van der Waals surface area contributed by atoms with Crippen LogP contribution < -0.4 is 5.32 Å². The van der Waals surface area contributed by atoms with Gasteiger partial charge in [0, 0.05) is 29.7 Å². The first-order valence-corrected chi connectivity index (χ1v) is 8.28. The monoisotopic (exact) mass is 339 g/mol. The summed E-state index contributed by atoms with van der Waals surface area (Å²) >= 11 is 0. The lowest BCUT2D eigenvalue weighted by molar-refractivity contribution is -0.137. The van der Waals surface area contributed by atoms with Gasteiger partial charge in [-0.3, -0.25) is 14.4 Å². The molecule has 0 bridgehead atoms. The molecule has 2 aromatic rings. The molecule has 0 fully saturated rings.